The molecule has 9 nitrogen and oxygen atoms in total. The molecule has 0 atom stereocenters. The van der Waals surface area contributed by atoms with E-state index in [0.29, 0.717) is 16.3 Å². The predicted molar refractivity (Wildman–Crippen MR) is 112 cm³/mol. The minimum Gasteiger partial charge on any atom is -0.320 e. The highest BCUT2D eigenvalue weighted by atomic mass is 35.5. The van der Waals surface area contributed by atoms with Crippen molar-refractivity contribution in [1.29, 1.82) is 0 Å². The van der Waals surface area contributed by atoms with Gasteiger partial charge in [-0.05, 0) is 36.8 Å². The van der Waals surface area contributed by atoms with Gasteiger partial charge >= 0.3 is 6.18 Å². The second kappa shape index (κ2) is 9.28. The Morgan fingerprint density at radius 1 is 1.06 bits per heavy atom. The number of rotatable bonds is 4. The molecule has 0 aliphatic rings. The second-order valence-electron chi connectivity index (χ2n) is 6.77. The fraction of sp³-hybridized carbons (Fsp3) is 0.150. The van der Waals surface area contributed by atoms with Gasteiger partial charge in [0, 0.05) is 19.2 Å². The van der Waals surface area contributed by atoms with Crippen LogP contribution in [0.5, 0.6) is 0 Å². The number of benzene rings is 1. The Labute approximate surface area is 189 Å². The topological polar surface area (TPSA) is 118 Å². The van der Waals surface area contributed by atoms with Crippen LogP contribution >= 0.6 is 11.6 Å². The summed E-state index contributed by atoms with van der Waals surface area (Å²) >= 11 is 6.04. The van der Waals surface area contributed by atoms with Crippen LogP contribution in [0.1, 0.15) is 39.0 Å². The lowest BCUT2D eigenvalue weighted by Crippen LogP contribution is -2.40. The van der Waals surface area contributed by atoms with Crippen molar-refractivity contribution in [2.75, 3.05) is 5.32 Å². The van der Waals surface area contributed by atoms with E-state index in [-0.39, 0.29) is 22.1 Å². The van der Waals surface area contributed by atoms with Gasteiger partial charge in [-0.15, -0.1) is 0 Å². The van der Waals surface area contributed by atoms with Crippen molar-refractivity contribution < 1.29 is 27.6 Å². The Morgan fingerprint density at radius 2 is 1.79 bits per heavy atom. The molecule has 0 radical (unpaired) electrons. The first-order valence-corrected chi connectivity index (χ1v) is 9.62. The van der Waals surface area contributed by atoms with Gasteiger partial charge in [0.2, 0.25) is 5.91 Å². The van der Waals surface area contributed by atoms with E-state index >= 15 is 0 Å². The van der Waals surface area contributed by atoms with Crippen molar-refractivity contribution in [1.82, 2.24) is 25.6 Å². The minimum absolute atomic E-state index is 0.00345. The second-order valence-corrected chi connectivity index (χ2v) is 7.18. The fourth-order valence-electron chi connectivity index (χ4n) is 2.73. The van der Waals surface area contributed by atoms with Gasteiger partial charge in [0.05, 0.1) is 16.3 Å². The first kappa shape index (κ1) is 23.7. The summed E-state index contributed by atoms with van der Waals surface area (Å²) in [5, 5.41) is 5.84. The number of nitrogens with one attached hydrogen (secondary N) is 3. The fourth-order valence-corrected chi connectivity index (χ4v) is 2.94. The largest absolute Gasteiger partial charge is 0.435 e. The highest BCUT2D eigenvalue weighted by Crippen LogP contribution is 2.31. The van der Waals surface area contributed by atoms with E-state index in [1.807, 2.05) is 0 Å². The summed E-state index contributed by atoms with van der Waals surface area (Å²) in [6, 6.07) is 7.80. The van der Waals surface area contributed by atoms with Gasteiger partial charge in [-0.1, -0.05) is 17.7 Å². The van der Waals surface area contributed by atoms with Crippen molar-refractivity contribution in [3.8, 4) is 5.82 Å². The van der Waals surface area contributed by atoms with Crippen LogP contribution in [0.25, 0.3) is 5.82 Å². The Hall–Kier alpha value is -3.93. The number of carbonyl (C=O) groups is 3. The van der Waals surface area contributed by atoms with Gasteiger partial charge in [-0.3, -0.25) is 25.2 Å². The predicted octanol–water partition coefficient (Wildman–Crippen LogP) is 3.28. The van der Waals surface area contributed by atoms with Crippen molar-refractivity contribution in [3.05, 3.63) is 70.1 Å². The van der Waals surface area contributed by atoms with Crippen LogP contribution in [0.4, 0.5) is 18.9 Å². The molecule has 2 heterocycles. The molecule has 0 fully saturated rings. The van der Waals surface area contributed by atoms with Gasteiger partial charge in [0.25, 0.3) is 11.8 Å². The van der Waals surface area contributed by atoms with Crippen LogP contribution in [0.15, 0.2) is 42.6 Å². The lowest BCUT2D eigenvalue weighted by molar-refractivity contribution is -0.141. The normalized spacial score (nSPS) is 11.1. The first-order valence-electron chi connectivity index (χ1n) is 9.24. The smallest absolute Gasteiger partial charge is 0.320 e. The lowest BCUT2D eigenvalue weighted by atomic mass is 10.1. The number of aromatic nitrogens is 3. The van der Waals surface area contributed by atoms with Crippen LogP contribution in [0.3, 0.4) is 0 Å². The molecule has 0 saturated heterocycles. The number of hydrazine groups is 1. The van der Waals surface area contributed by atoms with E-state index in [1.54, 1.807) is 13.0 Å². The summed E-state index contributed by atoms with van der Waals surface area (Å²) in [4.78, 5) is 40.4. The zero-order chi connectivity index (χ0) is 24.3. The van der Waals surface area contributed by atoms with Crippen LogP contribution in [0.2, 0.25) is 5.02 Å². The highest BCUT2D eigenvalue weighted by molar-refractivity contribution is 6.32. The van der Waals surface area contributed by atoms with E-state index in [4.69, 9.17) is 11.6 Å². The molecule has 3 aromatic rings. The number of hydrogen-bond acceptors (Lipinski definition) is 5. The third kappa shape index (κ3) is 5.47. The number of alkyl halides is 3. The number of halogens is 4. The molecule has 3 amide bonds. The van der Waals surface area contributed by atoms with E-state index in [2.05, 4.69) is 26.3 Å². The summed E-state index contributed by atoms with van der Waals surface area (Å²) in [6.07, 6.45) is -3.56. The molecule has 172 valence electrons. The van der Waals surface area contributed by atoms with Crippen LogP contribution in [0, 0.1) is 6.92 Å². The van der Waals surface area contributed by atoms with E-state index < -0.39 is 35.3 Å². The van der Waals surface area contributed by atoms with Crippen LogP contribution < -0.4 is 16.2 Å². The summed E-state index contributed by atoms with van der Waals surface area (Å²) in [7, 11) is 0. The molecule has 33 heavy (non-hydrogen) atoms. The van der Waals surface area contributed by atoms with Crippen molar-refractivity contribution >= 4 is 35.0 Å². The molecule has 0 bridgehead atoms. The number of pyridine rings is 1. The zero-order valence-corrected chi connectivity index (χ0v) is 17.9. The maximum absolute atomic E-state index is 13.3. The monoisotopic (exact) mass is 480 g/mol. The summed E-state index contributed by atoms with van der Waals surface area (Å²) < 4.78 is 40.6. The third-order valence-corrected chi connectivity index (χ3v) is 4.49. The quantitative estimate of drug-likeness (QED) is 0.495. The number of anilines is 1. The molecule has 13 heteroatoms. The number of carbonyl (C=O) groups excluding carboxylic acids is 3. The Kier molecular flexibility index (Phi) is 6.68. The molecule has 0 aliphatic heterocycles. The molecule has 0 unspecified atom stereocenters. The van der Waals surface area contributed by atoms with E-state index in [1.165, 1.54) is 37.4 Å². The molecule has 0 aliphatic carbocycles. The third-order valence-electron chi connectivity index (χ3n) is 4.19. The number of nitrogens with zero attached hydrogens (tertiary/aromatic N) is 3. The van der Waals surface area contributed by atoms with Gasteiger partial charge in [-0.25, -0.2) is 9.67 Å². The average molecular weight is 481 g/mol. The molecule has 0 spiro atoms. The van der Waals surface area contributed by atoms with Crippen molar-refractivity contribution in [3.63, 3.8) is 0 Å². The molecule has 1 aromatic carbocycles. The minimum atomic E-state index is -4.84. The maximum atomic E-state index is 13.3. The molecule has 3 rings (SSSR count). The molecule has 2 aromatic heterocycles. The van der Waals surface area contributed by atoms with Gasteiger partial charge < -0.3 is 5.32 Å². The standard InChI is InChI=1S/C20H16ClF3N6O3/c1-10-5-6-12(18(32)28-27-11(2)31)14(8-10)26-19(33)15-9-16(20(22,23)24)29-30(15)17-13(21)4-3-7-25-17/h3-9H,1-2H3,(H,26,33)(H,27,31)(H,28,32). The number of aryl methyl sites for hydroxylation is 1. The average Bonchev–Trinajstić information content (AvgIpc) is 3.18. The van der Waals surface area contributed by atoms with Gasteiger partial charge in [-0.2, -0.15) is 18.3 Å². The Morgan fingerprint density at radius 3 is 2.42 bits per heavy atom. The summed E-state index contributed by atoms with van der Waals surface area (Å²) in [6.45, 7) is 2.87. The van der Waals surface area contributed by atoms with E-state index in [0.717, 1.165) is 0 Å². The molecule has 0 saturated carbocycles. The Balaban J connectivity index is 2.03. The number of amides is 3. The van der Waals surface area contributed by atoms with Crippen molar-refractivity contribution in [2.45, 2.75) is 20.0 Å². The van der Waals surface area contributed by atoms with E-state index in [9.17, 15) is 27.6 Å². The highest BCUT2D eigenvalue weighted by Gasteiger charge is 2.36. The Bertz CT molecular complexity index is 1240. The molecular weight excluding hydrogens is 465 g/mol. The summed E-state index contributed by atoms with van der Waals surface area (Å²) in [5.74, 6) is -2.47. The molecular formula is C20H16ClF3N6O3. The van der Waals surface area contributed by atoms with Gasteiger partial charge in [0.1, 0.15) is 5.69 Å². The maximum Gasteiger partial charge on any atom is 0.435 e. The number of hydrogen-bond donors (Lipinski definition) is 3. The van der Waals surface area contributed by atoms with Crippen molar-refractivity contribution in [2.24, 2.45) is 0 Å². The SMILES string of the molecule is CC(=O)NNC(=O)c1ccc(C)cc1NC(=O)c1cc(C(F)(F)F)nn1-c1ncccc1Cl. The van der Waals surface area contributed by atoms with Crippen LogP contribution in [-0.4, -0.2) is 32.5 Å². The van der Waals surface area contributed by atoms with Gasteiger partial charge in [0.15, 0.2) is 11.5 Å². The van der Waals surface area contributed by atoms with Crippen LogP contribution in [-0.2, 0) is 11.0 Å². The lowest BCUT2D eigenvalue weighted by Gasteiger charge is -2.13. The summed E-state index contributed by atoms with van der Waals surface area (Å²) in [5.41, 5.74) is 3.03. The molecule has 3 N–H and O–H groups in total. The zero-order valence-electron chi connectivity index (χ0n) is 17.1. The first-order chi connectivity index (χ1) is 15.5.